The Balaban J connectivity index is 2.00. The highest BCUT2D eigenvalue weighted by Crippen LogP contribution is 2.38. The summed E-state index contributed by atoms with van der Waals surface area (Å²) in [6, 6.07) is 5.43. The van der Waals surface area contributed by atoms with E-state index < -0.39 is 5.54 Å². The van der Waals surface area contributed by atoms with Crippen LogP contribution in [-0.4, -0.2) is 10.1 Å². The number of halogens is 2. The van der Waals surface area contributed by atoms with Crippen molar-refractivity contribution in [2.75, 3.05) is 0 Å². The second kappa shape index (κ2) is 4.33. The molecule has 1 aromatic heterocycles. The fraction of sp³-hybridized carbons (Fsp3) is 0.333. The summed E-state index contributed by atoms with van der Waals surface area (Å²) in [7, 11) is 0. The lowest BCUT2D eigenvalue weighted by Gasteiger charge is -2.34. The lowest BCUT2D eigenvalue weighted by Crippen LogP contribution is -2.44. The van der Waals surface area contributed by atoms with Crippen molar-refractivity contribution >= 4 is 27.5 Å². The predicted octanol–water partition coefficient (Wildman–Crippen LogP) is 3.49. The number of hydrogen-bond acceptors (Lipinski definition) is 4. The summed E-state index contributed by atoms with van der Waals surface area (Å²) in [5.74, 6) is 1.02. The minimum absolute atomic E-state index is 0.410. The minimum atomic E-state index is -0.410. The van der Waals surface area contributed by atoms with E-state index in [4.69, 9.17) is 21.9 Å². The Hall–Kier alpha value is -0.910. The highest BCUT2D eigenvalue weighted by molar-refractivity contribution is 9.10. The summed E-state index contributed by atoms with van der Waals surface area (Å²) < 4.78 is 6.14. The Morgan fingerprint density at radius 1 is 1.39 bits per heavy atom. The highest BCUT2D eigenvalue weighted by atomic mass is 79.9. The molecule has 0 bridgehead atoms. The van der Waals surface area contributed by atoms with E-state index in [1.807, 2.05) is 6.07 Å². The molecule has 4 nitrogen and oxygen atoms in total. The molecule has 0 amide bonds. The average molecular weight is 329 g/mol. The minimum Gasteiger partial charge on any atom is -0.334 e. The van der Waals surface area contributed by atoms with Gasteiger partial charge in [-0.15, -0.1) is 0 Å². The van der Waals surface area contributed by atoms with Crippen LogP contribution in [0.15, 0.2) is 27.2 Å². The first-order chi connectivity index (χ1) is 8.58. The van der Waals surface area contributed by atoms with Crippen LogP contribution in [0.2, 0.25) is 5.02 Å². The van der Waals surface area contributed by atoms with Crippen molar-refractivity contribution in [2.24, 2.45) is 5.73 Å². The third kappa shape index (κ3) is 1.96. The monoisotopic (exact) mass is 327 g/mol. The highest BCUT2D eigenvalue weighted by Gasteiger charge is 2.39. The van der Waals surface area contributed by atoms with Crippen molar-refractivity contribution in [1.82, 2.24) is 10.1 Å². The standard InChI is InChI=1S/C12H11BrClN3O/c13-9-3-2-7(14)6-8(9)10-16-11(17-18-10)12(15)4-1-5-12/h2-3,6H,1,4-5,15H2. The van der Waals surface area contributed by atoms with Gasteiger partial charge in [-0.05, 0) is 53.4 Å². The van der Waals surface area contributed by atoms with Gasteiger partial charge in [-0.3, -0.25) is 0 Å². The van der Waals surface area contributed by atoms with Gasteiger partial charge in [0.25, 0.3) is 5.89 Å². The third-order valence-electron chi connectivity index (χ3n) is 3.28. The summed E-state index contributed by atoms with van der Waals surface area (Å²) in [6.07, 6.45) is 2.92. The summed E-state index contributed by atoms with van der Waals surface area (Å²) >= 11 is 9.41. The van der Waals surface area contributed by atoms with Gasteiger partial charge >= 0.3 is 0 Å². The van der Waals surface area contributed by atoms with E-state index in [-0.39, 0.29) is 0 Å². The quantitative estimate of drug-likeness (QED) is 0.916. The molecular weight excluding hydrogens is 318 g/mol. The predicted molar refractivity (Wildman–Crippen MR) is 72.2 cm³/mol. The van der Waals surface area contributed by atoms with Crippen LogP contribution >= 0.6 is 27.5 Å². The zero-order valence-electron chi connectivity index (χ0n) is 9.49. The lowest BCUT2D eigenvalue weighted by molar-refractivity contribution is 0.229. The fourth-order valence-corrected chi connectivity index (χ4v) is 2.57. The Bertz CT molecular complexity index is 595. The van der Waals surface area contributed by atoms with E-state index in [0.29, 0.717) is 16.7 Å². The van der Waals surface area contributed by atoms with Crippen LogP contribution in [0.4, 0.5) is 0 Å². The molecule has 1 heterocycles. The topological polar surface area (TPSA) is 64.9 Å². The molecule has 0 aliphatic heterocycles. The van der Waals surface area contributed by atoms with Gasteiger partial charge in [0.2, 0.25) is 0 Å². The number of nitrogens with two attached hydrogens (primary N) is 1. The third-order valence-corrected chi connectivity index (χ3v) is 4.20. The second-order valence-corrected chi connectivity index (χ2v) is 5.85. The molecule has 2 N–H and O–H groups in total. The first-order valence-electron chi connectivity index (χ1n) is 5.67. The van der Waals surface area contributed by atoms with Crippen LogP contribution in [0.3, 0.4) is 0 Å². The Labute approximate surface area is 118 Å². The average Bonchev–Trinajstić information content (AvgIpc) is 2.79. The molecule has 2 aromatic rings. The van der Waals surface area contributed by atoms with Crippen molar-refractivity contribution in [3.63, 3.8) is 0 Å². The molecule has 0 unspecified atom stereocenters. The maximum atomic E-state index is 6.16. The smallest absolute Gasteiger partial charge is 0.259 e. The van der Waals surface area contributed by atoms with Crippen LogP contribution in [-0.2, 0) is 5.54 Å². The maximum Gasteiger partial charge on any atom is 0.259 e. The molecule has 1 aliphatic rings. The molecule has 94 valence electrons. The molecule has 3 rings (SSSR count). The molecule has 1 aliphatic carbocycles. The van der Waals surface area contributed by atoms with E-state index >= 15 is 0 Å². The summed E-state index contributed by atoms with van der Waals surface area (Å²) in [5, 5.41) is 4.61. The molecule has 1 fully saturated rings. The number of rotatable bonds is 2. The van der Waals surface area contributed by atoms with Gasteiger partial charge < -0.3 is 10.3 Å². The first-order valence-corrected chi connectivity index (χ1v) is 6.84. The normalized spacial score (nSPS) is 17.5. The van der Waals surface area contributed by atoms with Crippen LogP contribution in [0, 0.1) is 0 Å². The SMILES string of the molecule is NC1(c2noc(-c3cc(Cl)ccc3Br)n2)CCC1. The zero-order chi connectivity index (χ0) is 12.8. The largest absolute Gasteiger partial charge is 0.334 e. The molecule has 18 heavy (non-hydrogen) atoms. The Kier molecular flexibility index (Phi) is 2.92. The van der Waals surface area contributed by atoms with Crippen molar-refractivity contribution < 1.29 is 4.52 Å². The van der Waals surface area contributed by atoms with Gasteiger partial charge in [0, 0.05) is 9.50 Å². The Morgan fingerprint density at radius 2 is 2.17 bits per heavy atom. The maximum absolute atomic E-state index is 6.16. The zero-order valence-corrected chi connectivity index (χ0v) is 11.8. The fourth-order valence-electron chi connectivity index (χ4n) is 1.98. The summed E-state index contributed by atoms with van der Waals surface area (Å²) in [4.78, 5) is 4.38. The van der Waals surface area contributed by atoms with Crippen molar-refractivity contribution in [3.05, 3.63) is 33.5 Å². The molecule has 6 heteroatoms. The summed E-state index contributed by atoms with van der Waals surface area (Å²) in [6.45, 7) is 0. The molecule has 0 saturated heterocycles. The number of aromatic nitrogens is 2. The molecule has 1 saturated carbocycles. The van der Waals surface area contributed by atoms with Crippen molar-refractivity contribution in [1.29, 1.82) is 0 Å². The summed E-state index contributed by atoms with van der Waals surface area (Å²) in [5.41, 5.74) is 6.53. The number of hydrogen-bond donors (Lipinski definition) is 1. The van der Waals surface area contributed by atoms with Gasteiger partial charge in [-0.25, -0.2) is 0 Å². The van der Waals surface area contributed by atoms with Crippen molar-refractivity contribution in [3.8, 4) is 11.5 Å². The van der Waals surface area contributed by atoms with E-state index in [1.54, 1.807) is 12.1 Å². The molecule has 0 atom stereocenters. The van der Waals surface area contributed by atoms with Gasteiger partial charge in [0.15, 0.2) is 5.82 Å². The second-order valence-electron chi connectivity index (χ2n) is 4.56. The van der Waals surface area contributed by atoms with Gasteiger partial charge in [-0.2, -0.15) is 4.98 Å². The van der Waals surface area contributed by atoms with Crippen LogP contribution < -0.4 is 5.73 Å². The van der Waals surface area contributed by atoms with Crippen LogP contribution in [0.1, 0.15) is 25.1 Å². The Morgan fingerprint density at radius 3 is 2.83 bits per heavy atom. The molecule has 1 aromatic carbocycles. The van der Waals surface area contributed by atoms with E-state index in [1.165, 1.54) is 0 Å². The van der Waals surface area contributed by atoms with Gasteiger partial charge in [0.1, 0.15) is 0 Å². The van der Waals surface area contributed by atoms with E-state index in [9.17, 15) is 0 Å². The van der Waals surface area contributed by atoms with E-state index in [0.717, 1.165) is 29.3 Å². The first kappa shape index (κ1) is 12.1. The molecular formula is C12H11BrClN3O. The molecule has 0 radical (unpaired) electrons. The van der Waals surface area contributed by atoms with Gasteiger partial charge in [0.05, 0.1) is 11.1 Å². The lowest BCUT2D eigenvalue weighted by atomic mass is 9.77. The van der Waals surface area contributed by atoms with Crippen molar-refractivity contribution in [2.45, 2.75) is 24.8 Å². The van der Waals surface area contributed by atoms with Crippen LogP contribution in [0.5, 0.6) is 0 Å². The number of benzene rings is 1. The number of nitrogens with zero attached hydrogens (tertiary/aromatic N) is 2. The van der Waals surface area contributed by atoms with Gasteiger partial charge in [-0.1, -0.05) is 16.8 Å². The molecule has 0 spiro atoms. The van der Waals surface area contributed by atoms with E-state index in [2.05, 4.69) is 26.1 Å². The van der Waals surface area contributed by atoms with Crippen LogP contribution in [0.25, 0.3) is 11.5 Å².